The fourth-order valence-corrected chi connectivity index (χ4v) is 3.13. The summed E-state index contributed by atoms with van der Waals surface area (Å²) < 4.78 is 43.5. The first kappa shape index (κ1) is 25.3. The van der Waals surface area contributed by atoms with Gasteiger partial charge in [0.1, 0.15) is 12.4 Å². The Bertz CT molecular complexity index is 1210. The van der Waals surface area contributed by atoms with Gasteiger partial charge < -0.3 is 21.1 Å². The molecule has 35 heavy (non-hydrogen) atoms. The molecule has 3 aromatic carbocycles. The molecule has 0 radical (unpaired) electrons. The monoisotopic (exact) mass is 485 g/mol. The molecule has 7 nitrogen and oxygen atoms in total. The number of alkyl halides is 3. The Kier molecular flexibility index (Phi) is 8.08. The molecule has 0 aliphatic carbocycles. The number of hydrogen-bond acceptors (Lipinski definition) is 4. The van der Waals surface area contributed by atoms with Crippen molar-refractivity contribution in [1.29, 1.82) is 0 Å². The van der Waals surface area contributed by atoms with Gasteiger partial charge in [0.25, 0.3) is 17.7 Å². The number of para-hydroxylation sites is 1. The Hall–Kier alpha value is -4.34. The number of nitrogens with two attached hydrogens (primary N) is 1. The van der Waals surface area contributed by atoms with Crippen LogP contribution in [0.2, 0.25) is 0 Å². The van der Waals surface area contributed by atoms with Gasteiger partial charge in [-0.15, -0.1) is 0 Å². The van der Waals surface area contributed by atoms with Crippen molar-refractivity contribution >= 4 is 17.7 Å². The lowest BCUT2D eigenvalue weighted by Gasteiger charge is -2.11. The topological polar surface area (TPSA) is 111 Å². The second kappa shape index (κ2) is 11.2. The van der Waals surface area contributed by atoms with E-state index in [1.165, 1.54) is 0 Å². The lowest BCUT2D eigenvalue weighted by atomic mass is 10.1. The van der Waals surface area contributed by atoms with Gasteiger partial charge in [0.2, 0.25) is 0 Å². The highest BCUT2D eigenvalue weighted by Crippen LogP contribution is 2.29. The van der Waals surface area contributed by atoms with Crippen molar-refractivity contribution in [2.24, 2.45) is 5.73 Å². The molecule has 0 saturated carbocycles. The molecular formula is C25H22F3N3O4. The van der Waals surface area contributed by atoms with E-state index in [2.05, 4.69) is 10.6 Å². The molecule has 0 aromatic heterocycles. The highest BCUT2D eigenvalue weighted by Gasteiger charge is 2.30. The molecule has 0 heterocycles. The minimum absolute atomic E-state index is 0.0786. The van der Waals surface area contributed by atoms with Crippen molar-refractivity contribution in [3.8, 4) is 5.75 Å². The number of hydrogen-bond donors (Lipinski definition) is 3. The third-order valence-corrected chi connectivity index (χ3v) is 4.91. The quantitative estimate of drug-likeness (QED) is 0.403. The lowest BCUT2D eigenvalue weighted by molar-refractivity contribution is -0.137. The van der Waals surface area contributed by atoms with Crippen LogP contribution in [0.5, 0.6) is 5.75 Å². The SMILES string of the molecule is NC(=O)c1ccccc1OCc1cccc(C(=O)NCCNC(=O)c2ccc(C(F)(F)F)cc2)c1. The van der Waals surface area contributed by atoms with Gasteiger partial charge in [-0.25, -0.2) is 0 Å². The van der Waals surface area contributed by atoms with Crippen molar-refractivity contribution in [3.63, 3.8) is 0 Å². The minimum atomic E-state index is -4.48. The van der Waals surface area contributed by atoms with Gasteiger partial charge >= 0.3 is 6.18 Å². The van der Waals surface area contributed by atoms with E-state index in [0.29, 0.717) is 16.9 Å². The zero-order chi connectivity index (χ0) is 25.4. The van der Waals surface area contributed by atoms with Gasteiger partial charge in [-0.2, -0.15) is 13.2 Å². The van der Waals surface area contributed by atoms with Gasteiger partial charge in [-0.05, 0) is 54.1 Å². The molecule has 0 aliphatic heterocycles. The zero-order valence-electron chi connectivity index (χ0n) is 18.4. The van der Waals surface area contributed by atoms with E-state index in [4.69, 9.17) is 10.5 Å². The van der Waals surface area contributed by atoms with Crippen LogP contribution in [0.4, 0.5) is 13.2 Å². The maximum absolute atomic E-state index is 12.6. The molecule has 4 N–H and O–H groups in total. The highest BCUT2D eigenvalue weighted by molar-refractivity contribution is 5.96. The van der Waals surface area contributed by atoms with Crippen LogP contribution >= 0.6 is 0 Å². The number of carbonyl (C=O) groups excluding carboxylic acids is 3. The zero-order valence-corrected chi connectivity index (χ0v) is 18.4. The number of nitrogens with one attached hydrogen (secondary N) is 2. The van der Waals surface area contributed by atoms with Gasteiger partial charge in [0.05, 0.1) is 11.1 Å². The smallest absolute Gasteiger partial charge is 0.416 e. The Morgan fingerprint density at radius 2 is 1.43 bits per heavy atom. The van der Waals surface area contributed by atoms with E-state index >= 15 is 0 Å². The van der Waals surface area contributed by atoms with Crippen molar-refractivity contribution in [2.45, 2.75) is 12.8 Å². The fraction of sp³-hybridized carbons (Fsp3) is 0.160. The standard InChI is InChI=1S/C25H22F3N3O4/c26-25(27,28)19-10-8-17(9-11-19)23(33)30-12-13-31-24(34)18-5-3-4-16(14-18)15-35-21-7-2-1-6-20(21)22(29)32/h1-11,14H,12-13,15H2,(H2,29,32)(H,30,33)(H,31,34). The average molecular weight is 485 g/mol. The Labute approximate surface area is 199 Å². The summed E-state index contributed by atoms with van der Waals surface area (Å²) in [4.78, 5) is 36.0. The number of rotatable bonds is 9. The van der Waals surface area contributed by atoms with E-state index in [0.717, 1.165) is 24.3 Å². The number of ether oxygens (including phenoxy) is 1. The van der Waals surface area contributed by atoms with Crippen LogP contribution in [0.3, 0.4) is 0 Å². The molecule has 0 spiro atoms. The highest BCUT2D eigenvalue weighted by atomic mass is 19.4. The number of halogens is 3. The van der Waals surface area contributed by atoms with E-state index in [9.17, 15) is 27.6 Å². The van der Waals surface area contributed by atoms with Crippen molar-refractivity contribution in [3.05, 3.63) is 101 Å². The van der Waals surface area contributed by atoms with Crippen LogP contribution < -0.4 is 21.1 Å². The predicted molar refractivity (Wildman–Crippen MR) is 122 cm³/mol. The van der Waals surface area contributed by atoms with E-state index in [-0.39, 0.29) is 36.7 Å². The van der Waals surface area contributed by atoms with E-state index in [1.807, 2.05) is 0 Å². The first-order valence-corrected chi connectivity index (χ1v) is 10.5. The van der Waals surface area contributed by atoms with Gasteiger partial charge in [-0.3, -0.25) is 14.4 Å². The molecule has 0 bridgehead atoms. The molecule has 0 atom stereocenters. The van der Waals surface area contributed by atoms with Crippen LogP contribution in [-0.4, -0.2) is 30.8 Å². The second-order valence-electron chi connectivity index (χ2n) is 7.44. The first-order valence-electron chi connectivity index (χ1n) is 10.5. The van der Waals surface area contributed by atoms with Gasteiger partial charge in [0, 0.05) is 24.2 Å². The summed E-state index contributed by atoms with van der Waals surface area (Å²) in [6.45, 7) is 0.296. The summed E-state index contributed by atoms with van der Waals surface area (Å²) in [5.41, 5.74) is 5.88. The van der Waals surface area contributed by atoms with E-state index in [1.54, 1.807) is 48.5 Å². The second-order valence-corrected chi connectivity index (χ2v) is 7.44. The van der Waals surface area contributed by atoms with Crippen molar-refractivity contribution in [2.75, 3.05) is 13.1 Å². The summed E-state index contributed by atoms with van der Waals surface area (Å²) in [5, 5.41) is 5.19. The summed E-state index contributed by atoms with van der Waals surface area (Å²) in [6.07, 6.45) is -4.48. The minimum Gasteiger partial charge on any atom is -0.488 e. The summed E-state index contributed by atoms with van der Waals surface area (Å²) in [7, 11) is 0. The summed E-state index contributed by atoms with van der Waals surface area (Å²) in [5.74, 6) is -1.21. The molecule has 0 fully saturated rings. The lowest BCUT2D eigenvalue weighted by Crippen LogP contribution is -2.34. The molecular weight excluding hydrogens is 463 g/mol. The first-order chi connectivity index (χ1) is 16.6. The number of carbonyl (C=O) groups is 3. The molecule has 182 valence electrons. The van der Waals surface area contributed by atoms with Crippen LogP contribution in [0.15, 0.2) is 72.8 Å². The molecule has 0 saturated heterocycles. The predicted octanol–water partition coefficient (Wildman–Crippen LogP) is 3.54. The molecule has 0 unspecified atom stereocenters. The largest absolute Gasteiger partial charge is 0.488 e. The Balaban J connectivity index is 1.48. The van der Waals surface area contributed by atoms with Crippen molar-refractivity contribution < 1.29 is 32.3 Å². The van der Waals surface area contributed by atoms with Crippen molar-refractivity contribution in [1.82, 2.24) is 10.6 Å². The molecule has 3 rings (SSSR count). The molecule has 3 amide bonds. The van der Waals surface area contributed by atoms with Crippen LogP contribution in [-0.2, 0) is 12.8 Å². The van der Waals surface area contributed by atoms with Gasteiger partial charge in [0.15, 0.2) is 0 Å². The van der Waals surface area contributed by atoms with E-state index < -0.39 is 23.6 Å². The fourth-order valence-electron chi connectivity index (χ4n) is 3.13. The number of primary amides is 1. The Morgan fingerprint density at radius 1 is 0.800 bits per heavy atom. The maximum atomic E-state index is 12.6. The Morgan fingerprint density at radius 3 is 2.06 bits per heavy atom. The van der Waals surface area contributed by atoms with Crippen LogP contribution in [0.1, 0.15) is 42.2 Å². The van der Waals surface area contributed by atoms with Gasteiger partial charge in [-0.1, -0.05) is 24.3 Å². The molecule has 0 aliphatic rings. The van der Waals surface area contributed by atoms with Crippen LogP contribution in [0, 0.1) is 0 Å². The number of benzene rings is 3. The summed E-state index contributed by atoms with van der Waals surface area (Å²) >= 11 is 0. The maximum Gasteiger partial charge on any atom is 0.416 e. The molecule has 10 heteroatoms. The normalized spacial score (nSPS) is 10.9. The third-order valence-electron chi connectivity index (χ3n) is 4.91. The molecule has 3 aromatic rings. The summed E-state index contributed by atoms with van der Waals surface area (Å²) in [6, 6.07) is 17.1. The average Bonchev–Trinajstić information content (AvgIpc) is 2.85. The third kappa shape index (κ3) is 7.07. The van der Waals surface area contributed by atoms with Crippen LogP contribution in [0.25, 0.3) is 0 Å². The number of amides is 3.